The second-order valence-electron chi connectivity index (χ2n) is 1.93. The molecule has 1 N–H and O–H groups in total. The standard InChI is InChI=1S/C7H12ClNO2/c1-3-11-5-7(10)9-4-6(2)8/h2-5H2,1H3,(H,9,10). The van der Waals surface area contributed by atoms with Gasteiger partial charge in [-0.25, -0.2) is 0 Å². The van der Waals surface area contributed by atoms with Crippen molar-refractivity contribution >= 4 is 17.5 Å². The van der Waals surface area contributed by atoms with Crippen LogP contribution in [0.15, 0.2) is 11.6 Å². The lowest BCUT2D eigenvalue weighted by molar-refractivity contribution is -0.125. The third kappa shape index (κ3) is 7.36. The molecule has 0 heterocycles. The van der Waals surface area contributed by atoms with Gasteiger partial charge in [0.1, 0.15) is 6.61 Å². The highest BCUT2D eigenvalue weighted by atomic mass is 35.5. The van der Waals surface area contributed by atoms with Crippen LogP contribution in [-0.4, -0.2) is 25.7 Å². The van der Waals surface area contributed by atoms with Crippen molar-refractivity contribution < 1.29 is 9.53 Å². The molecule has 0 aliphatic carbocycles. The van der Waals surface area contributed by atoms with Crippen molar-refractivity contribution in [2.24, 2.45) is 0 Å². The smallest absolute Gasteiger partial charge is 0.246 e. The SMILES string of the molecule is C=C(Cl)CNC(=O)COCC. The lowest BCUT2D eigenvalue weighted by Crippen LogP contribution is -2.28. The summed E-state index contributed by atoms with van der Waals surface area (Å²) in [4.78, 5) is 10.8. The predicted octanol–water partition coefficient (Wildman–Crippen LogP) is 0.892. The molecule has 0 radical (unpaired) electrons. The maximum absolute atomic E-state index is 10.8. The Morgan fingerprint density at radius 1 is 1.73 bits per heavy atom. The minimum absolute atomic E-state index is 0.0840. The summed E-state index contributed by atoms with van der Waals surface area (Å²) in [6, 6.07) is 0. The molecular weight excluding hydrogens is 166 g/mol. The summed E-state index contributed by atoms with van der Waals surface area (Å²) in [5, 5.41) is 2.93. The van der Waals surface area contributed by atoms with Crippen LogP contribution in [0.1, 0.15) is 6.92 Å². The highest BCUT2D eigenvalue weighted by Crippen LogP contribution is 1.91. The van der Waals surface area contributed by atoms with Crippen LogP contribution in [0.4, 0.5) is 0 Å². The normalized spacial score (nSPS) is 9.27. The van der Waals surface area contributed by atoms with E-state index in [9.17, 15) is 4.79 Å². The highest BCUT2D eigenvalue weighted by molar-refractivity contribution is 6.29. The third-order valence-electron chi connectivity index (χ3n) is 0.915. The van der Waals surface area contributed by atoms with E-state index < -0.39 is 0 Å². The number of hydrogen-bond acceptors (Lipinski definition) is 2. The Morgan fingerprint density at radius 2 is 2.36 bits per heavy atom. The van der Waals surface area contributed by atoms with E-state index >= 15 is 0 Å². The summed E-state index contributed by atoms with van der Waals surface area (Å²) in [6.07, 6.45) is 0. The highest BCUT2D eigenvalue weighted by Gasteiger charge is 1.98. The third-order valence-corrected chi connectivity index (χ3v) is 1.05. The van der Waals surface area contributed by atoms with Crippen LogP contribution in [-0.2, 0) is 9.53 Å². The van der Waals surface area contributed by atoms with Crippen LogP contribution < -0.4 is 5.32 Å². The molecule has 1 amide bonds. The number of carbonyl (C=O) groups excluding carboxylic acids is 1. The lowest BCUT2D eigenvalue weighted by atomic mass is 10.5. The van der Waals surface area contributed by atoms with Gasteiger partial charge in [0.2, 0.25) is 5.91 Å². The van der Waals surface area contributed by atoms with Crippen molar-refractivity contribution in [3.05, 3.63) is 11.6 Å². The van der Waals surface area contributed by atoms with Crippen LogP contribution in [0.2, 0.25) is 0 Å². The van der Waals surface area contributed by atoms with Crippen LogP contribution in [0.3, 0.4) is 0 Å². The van der Waals surface area contributed by atoms with Gasteiger partial charge in [0.15, 0.2) is 0 Å². The first-order chi connectivity index (χ1) is 5.16. The molecule has 0 unspecified atom stereocenters. The fourth-order valence-corrected chi connectivity index (χ4v) is 0.507. The predicted molar refractivity (Wildman–Crippen MR) is 44.5 cm³/mol. The molecule has 0 aromatic rings. The van der Waals surface area contributed by atoms with Gasteiger partial charge in [-0.3, -0.25) is 4.79 Å². The second-order valence-corrected chi connectivity index (χ2v) is 2.47. The summed E-state index contributed by atoms with van der Waals surface area (Å²) >= 11 is 5.41. The molecule has 0 saturated carbocycles. The molecular formula is C7H12ClNO2. The Morgan fingerprint density at radius 3 is 2.82 bits per heavy atom. The van der Waals surface area contributed by atoms with Crippen LogP contribution >= 0.6 is 11.6 Å². The number of ether oxygens (including phenoxy) is 1. The van der Waals surface area contributed by atoms with Gasteiger partial charge >= 0.3 is 0 Å². The van der Waals surface area contributed by atoms with Crippen molar-refractivity contribution in [1.82, 2.24) is 5.32 Å². The van der Waals surface area contributed by atoms with Gasteiger partial charge in [-0.05, 0) is 6.92 Å². The summed E-state index contributed by atoms with van der Waals surface area (Å²) in [5.74, 6) is -0.173. The Labute approximate surface area is 71.4 Å². The fourth-order valence-electron chi connectivity index (χ4n) is 0.440. The van der Waals surface area contributed by atoms with E-state index in [1.54, 1.807) is 0 Å². The molecule has 0 aliphatic rings. The molecule has 4 heteroatoms. The van der Waals surface area contributed by atoms with E-state index in [2.05, 4.69) is 11.9 Å². The van der Waals surface area contributed by atoms with Crippen LogP contribution in [0, 0.1) is 0 Å². The molecule has 64 valence electrons. The summed E-state index contributed by atoms with van der Waals surface area (Å²) in [5.41, 5.74) is 0. The minimum atomic E-state index is -0.173. The van der Waals surface area contributed by atoms with Crippen molar-refractivity contribution in [2.75, 3.05) is 19.8 Å². The molecule has 0 aromatic heterocycles. The molecule has 0 atom stereocenters. The molecule has 11 heavy (non-hydrogen) atoms. The molecule has 3 nitrogen and oxygen atoms in total. The van der Waals surface area contributed by atoms with Crippen molar-refractivity contribution in [3.8, 4) is 0 Å². The first-order valence-electron chi connectivity index (χ1n) is 3.34. The monoisotopic (exact) mass is 177 g/mol. The number of rotatable bonds is 5. The average molecular weight is 178 g/mol. The van der Waals surface area contributed by atoms with Gasteiger partial charge in [0.25, 0.3) is 0 Å². The summed E-state index contributed by atoms with van der Waals surface area (Å²) < 4.78 is 4.84. The molecule has 0 bridgehead atoms. The Balaban J connectivity index is 3.30. The zero-order chi connectivity index (χ0) is 8.69. The zero-order valence-electron chi connectivity index (χ0n) is 6.52. The van der Waals surface area contributed by atoms with Gasteiger partial charge in [0.05, 0.1) is 6.54 Å². The number of halogens is 1. The van der Waals surface area contributed by atoms with Crippen LogP contribution in [0.25, 0.3) is 0 Å². The van der Waals surface area contributed by atoms with Gasteiger partial charge in [-0.15, -0.1) is 0 Å². The molecule has 0 rings (SSSR count). The zero-order valence-corrected chi connectivity index (χ0v) is 7.28. The van der Waals surface area contributed by atoms with E-state index in [1.165, 1.54) is 0 Å². The maximum atomic E-state index is 10.8. The number of nitrogens with one attached hydrogen (secondary N) is 1. The summed E-state index contributed by atoms with van der Waals surface area (Å²) in [7, 11) is 0. The van der Waals surface area contributed by atoms with Crippen molar-refractivity contribution in [2.45, 2.75) is 6.92 Å². The Kier molecular flexibility index (Phi) is 5.88. The first-order valence-corrected chi connectivity index (χ1v) is 3.72. The quantitative estimate of drug-likeness (QED) is 0.678. The van der Waals surface area contributed by atoms with Gasteiger partial charge in [-0.2, -0.15) is 0 Å². The number of amides is 1. The molecule has 0 aromatic carbocycles. The molecule has 0 spiro atoms. The second kappa shape index (κ2) is 6.19. The van der Waals surface area contributed by atoms with Crippen molar-refractivity contribution in [1.29, 1.82) is 0 Å². The fraction of sp³-hybridized carbons (Fsp3) is 0.571. The van der Waals surface area contributed by atoms with Crippen molar-refractivity contribution in [3.63, 3.8) is 0 Å². The molecule has 0 aliphatic heterocycles. The molecule has 0 saturated heterocycles. The van der Waals surface area contributed by atoms with Gasteiger partial charge < -0.3 is 10.1 Å². The van der Waals surface area contributed by atoms with E-state index in [4.69, 9.17) is 16.3 Å². The minimum Gasteiger partial charge on any atom is -0.372 e. The summed E-state index contributed by atoms with van der Waals surface area (Å²) in [6.45, 7) is 6.16. The largest absolute Gasteiger partial charge is 0.372 e. The van der Waals surface area contributed by atoms with Gasteiger partial charge in [-0.1, -0.05) is 18.2 Å². The number of hydrogen-bond donors (Lipinski definition) is 1. The van der Waals surface area contributed by atoms with E-state index in [0.29, 0.717) is 18.2 Å². The van der Waals surface area contributed by atoms with E-state index in [0.717, 1.165) is 0 Å². The Bertz CT molecular complexity index is 147. The van der Waals surface area contributed by atoms with E-state index in [-0.39, 0.29) is 12.5 Å². The average Bonchev–Trinajstić information content (AvgIpc) is 1.97. The topological polar surface area (TPSA) is 38.3 Å². The molecule has 0 fully saturated rings. The van der Waals surface area contributed by atoms with Gasteiger partial charge in [0, 0.05) is 11.6 Å². The van der Waals surface area contributed by atoms with Crippen LogP contribution in [0.5, 0.6) is 0 Å². The first kappa shape index (κ1) is 10.5. The lowest BCUT2D eigenvalue weighted by Gasteiger charge is -2.02. The number of carbonyl (C=O) groups is 1. The Hall–Kier alpha value is -0.540. The maximum Gasteiger partial charge on any atom is 0.246 e. The van der Waals surface area contributed by atoms with E-state index in [1.807, 2.05) is 6.92 Å².